The van der Waals surface area contributed by atoms with Crippen molar-refractivity contribution in [3.8, 4) is 0 Å². The van der Waals surface area contributed by atoms with Gasteiger partial charge < -0.3 is 5.32 Å². The third-order valence-electron chi connectivity index (χ3n) is 2.26. The van der Waals surface area contributed by atoms with Gasteiger partial charge in [-0.05, 0) is 38.4 Å². The fourth-order valence-electron chi connectivity index (χ4n) is 1.30. The van der Waals surface area contributed by atoms with Crippen LogP contribution in [0, 0.1) is 0 Å². The van der Waals surface area contributed by atoms with Gasteiger partial charge in [-0.3, -0.25) is 0 Å². The summed E-state index contributed by atoms with van der Waals surface area (Å²) in [4.78, 5) is 4.25. The van der Waals surface area contributed by atoms with Crippen LogP contribution in [-0.2, 0) is 0 Å². The number of hydrogen-bond donors (Lipinski definition) is 1. The summed E-state index contributed by atoms with van der Waals surface area (Å²) in [6.07, 6.45) is 4.11. The zero-order valence-electron chi connectivity index (χ0n) is 9.87. The summed E-state index contributed by atoms with van der Waals surface area (Å²) in [7, 11) is 0. The highest BCUT2D eigenvalue weighted by atomic mass is 35.5. The Kier molecular flexibility index (Phi) is 6.85. The number of hydrogen-bond acceptors (Lipinski definition) is 3. The lowest BCUT2D eigenvalue weighted by Gasteiger charge is -2.12. The second-order valence-corrected chi connectivity index (χ2v) is 5.27. The zero-order chi connectivity index (χ0) is 11.8. The lowest BCUT2D eigenvalue weighted by molar-refractivity contribution is 0.536. The molecule has 0 fully saturated rings. The summed E-state index contributed by atoms with van der Waals surface area (Å²) in [6, 6.07) is 4.31. The van der Waals surface area contributed by atoms with Gasteiger partial charge in [0.25, 0.3) is 0 Å². The van der Waals surface area contributed by atoms with E-state index in [9.17, 15) is 0 Å². The predicted molar refractivity (Wildman–Crippen MR) is 72.3 cm³/mol. The molecule has 0 aliphatic rings. The van der Waals surface area contributed by atoms with E-state index in [4.69, 9.17) is 11.6 Å². The molecule has 0 bridgehead atoms. The number of halogens is 1. The van der Waals surface area contributed by atoms with Gasteiger partial charge in [0.05, 0.1) is 5.02 Å². The molecule has 1 N–H and O–H groups in total. The quantitative estimate of drug-likeness (QED) is 0.757. The average Bonchev–Trinajstić information content (AvgIpc) is 2.29. The normalized spacial score (nSPS) is 12.7. The summed E-state index contributed by atoms with van der Waals surface area (Å²) >= 11 is 7.75. The topological polar surface area (TPSA) is 24.9 Å². The Hall–Kier alpha value is -0.250. The van der Waals surface area contributed by atoms with Gasteiger partial charge in [-0.2, -0.15) is 0 Å². The Bertz CT molecular complexity index is 307. The molecule has 0 spiro atoms. The summed E-state index contributed by atoms with van der Waals surface area (Å²) < 4.78 is 0. The number of thioether (sulfide) groups is 1. The fraction of sp³-hybridized carbons (Fsp3) is 0.583. The van der Waals surface area contributed by atoms with Crippen LogP contribution in [-0.4, -0.2) is 23.3 Å². The Morgan fingerprint density at radius 3 is 3.06 bits per heavy atom. The maximum absolute atomic E-state index is 6.02. The number of rotatable bonds is 7. The molecular formula is C12H19ClN2S. The van der Waals surface area contributed by atoms with E-state index in [1.807, 2.05) is 12.1 Å². The molecule has 1 atom stereocenters. The first-order valence-electron chi connectivity index (χ1n) is 5.70. The largest absolute Gasteiger partial charge is 0.314 e. The standard InChI is InChI=1S/C12H19ClN2S/c1-3-7-14-10(2)6-9-16-12-11(13)5-4-8-15-12/h4-5,8,10,14H,3,6-7,9H2,1-2H3. The molecule has 16 heavy (non-hydrogen) atoms. The van der Waals surface area contributed by atoms with Crippen molar-refractivity contribution in [2.75, 3.05) is 12.3 Å². The number of nitrogens with zero attached hydrogens (tertiary/aromatic N) is 1. The number of nitrogens with one attached hydrogen (secondary N) is 1. The molecule has 1 aromatic heterocycles. The molecular weight excluding hydrogens is 240 g/mol. The third kappa shape index (κ3) is 5.19. The second-order valence-electron chi connectivity index (χ2n) is 3.78. The Balaban J connectivity index is 2.23. The Labute approximate surface area is 107 Å². The molecule has 0 aliphatic carbocycles. The molecule has 1 heterocycles. The minimum Gasteiger partial charge on any atom is -0.314 e. The molecule has 0 aromatic carbocycles. The minimum atomic E-state index is 0.565. The lowest BCUT2D eigenvalue weighted by atomic mass is 10.2. The molecule has 90 valence electrons. The molecule has 4 heteroatoms. The SMILES string of the molecule is CCCNC(C)CCSc1ncccc1Cl. The summed E-state index contributed by atoms with van der Waals surface area (Å²) in [6.45, 7) is 5.49. The highest BCUT2D eigenvalue weighted by molar-refractivity contribution is 7.99. The summed E-state index contributed by atoms with van der Waals surface area (Å²) in [5.41, 5.74) is 0. The van der Waals surface area contributed by atoms with E-state index in [0.717, 1.165) is 28.8 Å². The molecule has 0 saturated heterocycles. The van der Waals surface area contributed by atoms with Crippen LogP contribution in [0.25, 0.3) is 0 Å². The first-order valence-corrected chi connectivity index (χ1v) is 7.07. The molecule has 0 aliphatic heterocycles. The van der Waals surface area contributed by atoms with Crippen LogP contribution in [0.2, 0.25) is 5.02 Å². The van der Waals surface area contributed by atoms with Gasteiger partial charge in [0, 0.05) is 18.0 Å². The van der Waals surface area contributed by atoms with Crippen LogP contribution in [0.3, 0.4) is 0 Å². The fourth-order valence-corrected chi connectivity index (χ4v) is 2.59. The highest BCUT2D eigenvalue weighted by Gasteiger charge is 2.04. The van der Waals surface area contributed by atoms with E-state index >= 15 is 0 Å². The highest BCUT2D eigenvalue weighted by Crippen LogP contribution is 2.24. The van der Waals surface area contributed by atoms with Crippen molar-refractivity contribution in [2.24, 2.45) is 0 Å². The van der Waals surface area contributed by atoms with E-state index in [1.54, 1.807) is 18.0 Å². The van der Waals surface area contributed by atoms with Crippen molar-refractivity contribution in [1.82, 2.24) is 10.3 Å². The predicted octanol–water partition coefficient (Wildman–Crippen LogP) is 3.61. The van der Waals surface area contributed by atoms with Crippen LogP contribution in [0.1, 0.15) is 26.7 Å². The van der Waals surface area contributed by atoms with E-state index in [2.05, 4.69) is 24.1 Å². The van der Waals surface area contributed by atoms with Gasteiger partial charge in [-0.25, -0.2) is 4.98 Å². The van der Waals surface area contributed by atoms with Crippen LogP contribution >= 0.6 is 23.4 Å². The van der Waals surface area contributed by atoms with Crippen LogP contribution < -0.4 is 5.32 Å². The Morgan fingerprint density at radius 1 is 1.56 bits per heavy atom. The Morgan fingerprint density at radius 2 is 2.38 bits per heavy atom. The molecule has 1 aromatic rings. The van der Waals surface area contributed by atoms with E-state index in [1.165, 1.54) is 6.42 Å². The first-order chi connectivity index (χ1) is 7.74. The van der Waals surface area contributed by atoms with Gasteiger partial charge in [0.15, 0.2) is 0 Å². The van der Waals surface area contributed by atoms with Gasteiger partial charge in [0.2, 0.25) is 0 Å². The molecule has 1 rings (SSSR count). The number of aromatic nitrogens is 1. The van der Waals surface area contributed by atoms with Crippen LogP contribution in [0.15, 0.2) is 23.4 Å². The van der Waals surface area contributed by atoms with Gasteiger partial charge in [0.1, 0.15) is 5.03 Å². The van der Waals surface area contributed by atoms with Crippen molar-refractivity contribution < 1.29 is 0 Å². The number of pyridine rings is 1. The summed E-state index contributed by atoms with van der Waals surface area (Å²) in [5.74, 6) is 1.05. The maximum Gasteiger partial charge on any atom is 0.115 e. The lowest BCUT2D eigenvalue weighted by Crippen LogP contribution is -2.27. The third-order valence-corrected chi connectivity index (χ3v) is 3.71. The average molecular weight is 259 g/mol. The van der Waals surface area contributed by atoms with E-state index in [0.29, 0.717) is 6.04 Å². The van der Waals surface area contributed by atoms with Crippen molar-refractivity contribution in [2.45, 2.75) is 37.8 Å². The monoisotopic (exact) mass is 258 g/mol. The van der Waals surface area contributed by atoms with Crippen LogP contribution in [0.5, 0.6) is 0 Å². The smallest absolute Gasteiger partial charge is 0.115 e. The first kappa shape index (κ1) is 13.8. The van der Waals surface area contributed by atoms with E-state index < -0.39 is 0 Å². The molecule has 0 amide bonds. The molecule has 0 radical (unpaired) electrons. The molecule has 2 nitrogen and oxygen atoms in total. The van der Waals surface area contributed by atoms with Crippen molar-refractivity contribution >= 4 is 23.4 Å². The maximum atomic E-state index is 6.02. The van der Waals surface area contributed by atoms with Gasteiger partial charge in [-0.15, -0.1) is 11.8 Å². The molecule has 0 saturated carbocycles. The van der Waals surface area contributed by atoms with E-state index in [-0.39, 0.29) is 0 Å². The van der Waals surface area contributed by atoms with Crippen molar-refractivity contribution in [3.63, 3.8) is 0 Å². The molecule has 1 unspecified atom stereocenters. The van der Waals surface area contributed by atoms with Gasteiger partial charge in [-0.1, -0.05) is 18.5 Å². The minimum absolute atomic E-state index is 0.565. The zero-order valence-corrected chi connectivity index (χ0v) is 11.4. The second kappa shape index (κ2) is 7.93. The van der Waals surface area contributed by atoms with Gasteiger partial charge >= 0.3 is 0 Å². The van der Waals surface area contributed by atoms with Crippen molar-refractivity contribution in [1.29, 1.82) is 0 Å². The van der Waals surface area contributed by atoms with Crippen LogP contribution in [0.4, 0.5) is 0 Å². The van der Waals surface area contributed by atoms with Crippen molar-refractivity contribution in [3.05, 3.63) is 23.4 Å². The summed E-state index contributed by atoms with van der Waals surface area (Å²) in [5, 5.41) is 5.15.